The smallest absolute Gasteiger partial charge is 0.253 e. The number of anilines is 1. The molecule has 27 heavy (non-hydrogen) atoms. The van der Waals surface area contributed by atoms with Crippen molar-refractivity contribution < 1.29 is 9.90 Å². The first kappa shape index (κ1) is 19.4. The highest BCUT2D eigenvalue weighted by molar-refractivity contribution is 5.94. The Kier molecular flexibility index (Phi) is 5.79. The van der Waals surface area contributed by atoms with Crippen LogP contribution in [-0.4, -0.2) is 50.6 Å². The molecule has 1 aliphatic rings. The Hall–Kier alpha value is -2.41. The monoisotopic (exact) mass is 371 g/mol. The number of aliphatic hydroxyl groups excluding tert-OH is 1. The van der Waals surface area contributed by atoms with Crippen LogP contribution in [0.15, 0.2) is 30.5 Å². The molecule has 2 N–H and O–H groups in total. The quantitative estimate of drug-likeness (QED) is 0.844. The Labute approximate surface area is 160 Å². The van der Waals surface area contributed by atoms with Crippen molar-refractivity contribution in [2.75, 3.05) is 25.0 Å². The maximum Gasteiger partial charge on any atom is 0.253 e. The fourth-order valence-electron chi connectivity index (χ4n) is 3.13. The second-order valence-electron chi connectivity index (χ2n) is 8.17. The lowest BCUT2D eigenvalue weighted by Gasteiger charge is -2.31. The standard InChI is InChI=1S/C20H29N5O2/c1-20(2,3)25-13-18(22-23-25)12-21-17-6-4-16(5-7-17)19(27)24-10-8-15(14-26)9-11-24/h4-7,13,15,21,26H,8-12,14H2,1-3H3. The second kappa shape index (κ2) is 8.08. The Morgan fingerprint density at radius 2 is 1.89 bits per heavy atom. The molecule has 3 rings (SSSR count). The molecule has 0 unspecified atom stereocenters. The second-order valence-corrected chi connectivity index (χ2v) is 8.17. The highest BCUT2D eigenvalue weighted by Crippen LogP contribution is 2.19. The van der Waals surface area contributed by atoms with Gasteiger partial charge in [0.05, 0.1) is 18.3 Å². The van der Waals surface area contributed by atoms with Gasteiger partial charge >= 0.3 is 0 Å². The number of amides is 1. The lowest BCUT2D eigenvalue weighted by Crippen LogP contribution is -2.39. The molecule has 1 aromatic heterocycles. The summed E-state index contributed by atoms with van der Waals surface area (Å²) in [6.45, 7) is 8.48. The molecule has 0 spiro atoms. The Morgan fingerprint density at radius 1 is 1.22 bits per heavy atom. The molecule has 7 nitrogen and oxygen atoms in total. The first-order chi connectivity index (χ1) is 12.9. The van der Waals surface area contributed by atoms with Gasteiger partial charge in [-0.1, -0.05) is 5.21 Å². The fraction of sp³-hybridized carbons (Fsp3) is 0.550. The molecule has 0 atom stereocenters. The molecule has 7 heteroatoms. The number of aromatic nitrogens is 3. The number of hydrogen-bond acceptors (Lipinski definition) is 5. The minimum atomic E-state index is -0.0844. The van der Waals surface area contributed by atoms with Crippen LogP contribution in [0.5, 0.6) is 0 Å². The highest BCUT2D eigenvalue weighted by atomic mass is 16.3. The molecule has 1 amide bonds. The minimum absolute atomic E-state index is 0.0612. The third kappa shape index (κ3) is 4.86. The topological polar surface area (TPSA) is 83.3 Å². The van der Waals surface area contributed by atoms with Crippen LogP contribution < -0.4 is 5.32 Å². The van der Waals surface area contributed by atoms with Crippen molar-refractivity contribution in [3.05, 3.63) is 41.7 Å². The van der Waals surface area contributed by atoms with Crippen molar-refractivity contribution in [1.29, 1.82) is 0 Å². The van der Waals surface area contributed by atoms with Gasteiger partial charge in [0.2, 0.25) is 0 Å². The number of nitrogens with zero attached hydrogens (tertiary/aromatic N) is 4. The molecule has 1 aromatic carbocycles. The van der Waals surface area contributed by atoms with Gasteiger partial charge in [0.15, 0.2) is 0 Å². The van der Waals surface area contributed by atoms with E-state index in [0.29, 0.717) is 31.1 Å². The van der Waals surface area contributed by atoms with Gasteiger partial charge in [0.25, 0.3) is 5.91 Å². The normalized spacial score (nSPS) is 15.8. The molecule has 0 saturated carbocycles. The number of carbonyl (C=O) groups is 1. The highest BCUT2D eigenvalue weighted by Gasteiger charge is 2.23. The van der Waals surface area contributed by atoms with Crippen molar-refractivity contribution in [3.8, 4) is 0 Å². The summed E-state index contributed by atoms with van der Waals surface area (Å²) in [7, 11) is 0. The minimum Gasteiger partial charge on any atom is -0.396 e. The SMILES string of the molecule is CC(C)(C)n1cc(CNc2ccc(C(=O)N3CCC(CO)CC3)cc2)nn1. The summed E-state index contributed by atoms with van der Waals surface area (Å²) in [6, 6.07) is 7.55. The molecule has 0 radical (unpaired) electrons. The van der Waals surface area contributed by atoms with E-state index in [1.807, 2.05) is 40.0 Å². The van der Waals surface area contributed by atoms with E-state index in [9.17, 15) is 9.90 Å². The average Bonchev–Trinajstić information content (AvgIpc) is 3.16. The summed E-state index contributed by atoms with van der Waals surface area (Å²) in [5.74, 6) is 0.392. The number of piperidine rings is 1. The molecular formula is C20H29N5O2. The molecular weight excluding hydrogens is 342 g/mol. The summed E-state index contributed by atoms with van der Waals surface area (Å²) in [4.78, 5) is 14.5. The van der Waals surface area contributed by atoms with Crippen LogP contribution in [0, 0.1) is 5.92 Å². The zero-order chi connectivity index (χ0) is 19.4. The van der Waals surface area contributed by atoms with Gasteiger partial charge in [-0.2, -0.15) is 0 Å². The maximum absolute atomic E-state index is 12.6. The van der Waals surface area contributed by atoms with Crippen molar-refractivity contribution in [2.24, 2.45) is 5.92 Å². The fourth-order valence-corrected chi connectivity index (χ4v) is 3.13. The van der Waals surface area contributed by atoms with E-state index in [1.54, 1.807) is 0 Å². The number of nitrogens with one attached hydrogen (secondary N) is 1. The number of carbonyl (C=O) groups excluding carboxylic acids is 1. The van der Waals surface area contributed by atoms with Crippen molar-refractivity contribution in [3.63, 3.8) is 0 Å². The third-order valence-corrected chi connectivity index (χ3v) is 4.99. The molecule has 0 aliphatic carbocycles. The van der Waals surface area contributed by atoms with Crippen LogP contribution in [0.3, 0.4) is 0 Å². The van der Waals surface area contributed by atoms with E-state index in [2.05, 4.69) is 36.4 Å². The largest absolute Gasteiger partial charge is 0.396 e. The van der Waals surface area contributed by atoms with Gasteiger partial charge in [-0.15, -0.1) is 5.10 Å². The van der Waals surface area contributed by atoms with Crippen LogP contribution in [0.2, 0.25) is 0 Å². The van der Waals surface area contributed by atoms with Crippen LogP contribution in [0.4, 0.5) is 5.69 Å². The number of hydrogen-bond donors (Lipinski definition) is 2. The maximum atomic E-state index is 12.6. The number of likely N-dealkylation sites (tertiary alicyclic amines) is 1. The molecule has 2 heterocycles. The summed E-state index contributed by atoms with van der Waals surface area (Å²) >= 11 is 0. The van der Waals surface area contributed by atoms with E-state index < -0.39 is 0 Å². The van der Waals surface area contributed by atoms with Gasteiger partial charge < -0.3 is 15.3 Å². The zero-order valence-corrected chi connectivity index (χ0v) is 16.4. The summed E-state index contributed by atoms with van der Waals surface area (Å²) < 4.78 is 1.85. The van der Waals surface area contributed by atoms with Crippen LogP contribution in [-0.2, 0) is 12.1 Å². The van der Waals surface area contributed by atoms with Crippen LogP contribution in [0.25, 0.3) is 0 Å². The van der Waals surface area contributed by atoms with Crippen molar-refractivity contribution in [1.82, 2.24) is 19.9 Å². The predicted octanol–water partition coefficient (Wildman–Crippen LogP) is 2.49. The Morgan fingerprint density at radius 3 is 2.44 bits per heavy atom. The van der Waals surface area contributed by atoms with Gasteiger partial charge in [-0.25, -0.2) is 4.68 Å². The first-order valence-electron chi connectivity index (χ1n) is 9.52. The van der Waals surface area contributed by atoms with E-state index in [-0.39, 0.29) is 18.1 Å². The van der Waals surface area contributed by atoms with E-state index >= 15 is 0 Å². The van der Waals surface area contributed by atoms with Gasteiger partial charge in [0.1, 0.15) is 5.69 Å². The zero-order valence-electron chi connectivity index (χ0n) is 16.4. The Bertz CT molecular complexity index is 755. The molecule has 1 saturated heterocycles. The number of aliphatic hydroxyl groups is 1. The van der Waals surface area contributed by atoms with Crippen molar-refractivity contribution >= 4 is 11.6 Å². The van der Waals surface area contributed by atoms with Gasteiger partial charge in [-0.3, -0.25) is 4.79 Å². The van der Waals surface area contributed by atoms with Gasteiger partial charge in [0, 0.05) is 30.9 Å². The van der Waals surface area contributed by atoms with Crippen LogP contribution in [0.1, 0.15) is 49.7 Å². The van der Waals surface area contributed by atoms with Crippen molar-refractivity contribution in [2.45, 2.75) is 45.7 Å². The Balaban J connectivity index is 1.54. The van der Waals surface area contributed by atoms with E-state index in [4.69, 9.17) is 0 Å². The first-order valence-corrected chi connectivity index (χ1v) is 9.52. The van der Waals surface area contributed by atoms with E-state index in [1.165, 1.54) is 0 Å². The lowest BCUT2D eigenvalue weighted by atomic mass is 9.97. The molecule has 0 bridgehead atoms. The number of benzene rings is 1. The van der Waals surface area contributed by atoms with Crippen LogP contribution >= 0.6 is 0 Å². The van der Waals surface area contributed by atoms with Gasteiger partial charge in [-0.05, 0) is 63.8 Å². The molecule has 1 aliphatic heterocycles. The summed E-state index contributed by atoms with van der Waals surface area (Å²) in [5, 5.41) is 20.9. The third-order valence-electron chi connectivity index (χ3n) is 4.99. The summed E-state index contributed by atoms with van der Waals surface area (Å²) in [5.41, 5.74) is 2.42. The van der Waals surface area contributed by atoms with E-state index in [0.717, 1.165) is 24.2 Å². The average molecular weight is 371 g/mol. The number of rotatable bonds is 5. The molecule has 146 valence electrons. The lowest BCUT2D eigenvalue weighted by molar-refractivity contribution is 0.0651. The summed E-state index contributed by atoms with van der Waals surface area (Å²) in [6.07, 6.45) is 3.69. The predicted molar refractivity (Wildman–Crippen MR) is 105 cm³/mol. The molecule has 1 fully saturated rings. The molecule has 2 aromatic rings.